The number of rotatable bonds is 14. The summed E-state index contributed by atoms with van der Waals surface area (Å²) in [5.41, 5.74) is 3.73. The number of nitrogens with one attached hydrogen (secondary N) is 1. The molecule has 1 N–H and O–H groups in total. The van der Waals surface area contributed by atoms with Crippen LogP contribution in [0.25, 0.3) is 5.70 Å². The lowest BCUT2D eigenvalue weighted by Crippen LogP contribution is -2.29. The van der Waals surface area contributed by atoms with E-state index < -0.39 is 16.8 Å². The lowest BCUT2D eigenvalue weighted by Gasteiger charge is -2.29. The van der Waals surface area contributed by atoms with Crippen LogP contribution in [0.4, 0.5) is 5.69 Å². The molecular weight excluding hydrogens is 492 g/mol. The Bertz CT molecular complexity index is 1290. The van der Waals surface area contributed by atoms with Crippen molar-refractivity contribution in [2.45, 2.75) is 84.0 Å². The Hall–Kier alpha value is -3.74. The average molecular weight is 531 g/mol. The third kappa shape index (κ3) is 6.47. The number of dihydropyridines is 1. The van der Waals surface area contributed by atoms with Crippen LogP contribution in [0.5, 0.6) is 0 Å². The number of nitro groups is 1. The van der Waals surface area contributed by atoms with Gasteiger partial charge in [0.1, 0.15) is 0 Å². The van der Waals surface area contributed by atoms with E-state index in [-0.39, 0.29) is 11.5 Å². The summed E-state index contributed by atoms with van der Waals surface area (Å²) in [6, 6.07) is 13.5. The number of nitrogens with zero attached hydrogens (tertiary/aromatic N) is 1. The van der Waals surface area contributed by atoms with Gasteiger partial charge in [0, 0.05) is 40.4 Å². The zero-order valence-electron chi connectivity index (χ0n) is 23.0. The van der Waals surface area contributed by atoms with E-state index in [2.05, 4.69) is 12.2 Å². The first-order valence-electron chi connectivity index (χ1n) is 14.2. The number of esters is 1. The number of ketones is 1. The van der Waals surface area contributed by atoms with Crippen LogP contribution in [0, 0.1) is 10.1 Å². The van der Waals surface area contributed by atoms with Gasteiger partial charge < -0.3 is 10.1 Å². The zero-order valence-corrected chi connectivity index (χ0v) is 23.0. The molecule has 0 saturated heterocycles. The molecule has 2 aromatic carbocycles. The molecule has 0 unspecified atom stereocenters. The van der Waals surface area contributed by atoms with Gasteiger partial charge in [-0.2, -0.15) is 0 Å². The van der Waals surface area contributed by atoms with Crippen LogP contribution in [0.3, 0.4) is 0 Å². The number of unbranched alkanes of at least 4 members (excludes halogenated alkanes) is 9. The van der Waals surface area contributed by atoms with Gasteiger partial charge in [0.15, 0.2) is 5.78 Å². The van der Waals surface area contributed by atoms with E-state index in [1.54, 1.807) is 31.2 Å². The number of carbonyl (C=O) groups is 2. The molecule has 0 aromatic heterocycles. The van der Waals surface area contributed by atoms with Gasteiger partial charge in [-0.25, -0.2) is 4.79 Å². The Morgan fingerprint density at radius 3 is 2.23 bits per heavy atom. The lowest BCUT2D eigenvalue weighted by molar-refractivity contribution is -0.384. The first-order chi connectivity index (χ1) is 18.9. The van der Waals surface area contributed by atoms with E-state index >= 15 is 0 Å². The van der Waals surface area contributed by atoms with Crippen LogP contribution >= 0.6 is 0 Å². The second kappa shape index (κ2) is 13.4. The normalized spacial score (nSPS) is 16.2. The number of fused-ring (bicyclic) bond motifs is 2. The van der Waals surface area contributed by atoms with Crippen molar-refractivity contribution >= 4 is 23.1 Å². The maximum absolute atomic E-state index is 13.6. The van der Waals surface area contributed by atoms with E-state index in [9.17, 15) is 19.7 Å². The number of benzene rings is 2. The average Bonchev–Trinajstić information content (AvgIpc) is 3.22. The van der Waals surface area contributed by atoms with Crippen molar-refractivity contribution in [1.82, 2.24) is 5.32 Å². The highest BCUT2D eigenvalue weighted by Crippen LogP contribution is 2.47. The highest BCUT2D eigenvalue weighted by atomic mass is 16.6. The minimum Gasteiger partial charge on any atom is -0.462 e. The number of allylic oxidation sites excluding steroid dienone is 2. The molecule has 4 rings (SSSR count). The summed E-state index contributed by atoms with van der Waals surface area (Å²) in [6.45, 7) is 4.32. The Morgan fingerprint density at radius 1 is 0.923 bits per heavy atom. The number of ether oxygens (including phenoxy) is 1. The quantitative estimate of drug-likeness (QED) is 0.117. The highest BCUT2D eigenvalue weighted by Gasteiger charge is 2.43. The number of Topliss-reactive ketones (excluding diaryl/α,β-unsaturated/α-hetero) is 1. The fraction of sp³-hybridized carbons (Fsp3) is 0.438. The molecule has 1 atom stereocenters. The minimum absolute atomic E-state index is 0.0909. The summed E-state index contributed by atoms with van der Waals surface area (Å²) in [5.74, 6) is -1.44. The van der Waals surface area contributed by atoms with Crippen LogP contribution in [-0.2, 0) is 9.53 Å². The molecular formula is C32H38N2O5. The van der Waals surface area contributed by atoms with Gasteiger partial charge in [-0.3, -0.25) is 14.9 Å². The molecule has 0 bridgehead atoms. The van der Waals surface area contributed by atoms with Crippen molar-refractivity contribution in [2.24, 2.45) is 0 Å². The van der Waals surface area contributed by atoms with Gasteiger partial charge in [0.05, 0.1) is 22.8 Å². The topological polar surface area (TPSA) is 98.5 Å². The molecule has 1 aliphatic carbocycles. The van der Waals surface area contributed by atoms with Crippen molar-refractivity contribution in [2.75, 3.05) is 6.61 Å². The number of hydrogen-bond acceptors (Lipinski definition) is 6. The summed E-state index contributed by atoms with van der Waals surface area (Å²) in [5, 5.41) is 14.8. The Morgan fingerprint density at radius 2 is 1.56 bits per heavy atom. The van der Waals surface area contributed by atoms with E-state index in [0.717, 1.165) is 24.8 Å². The second-order valence-electron chi connectivity index (χ2n) is 10.4. The van der Waals surface area contributed by atoms with E-state index in [0.29, 0.717) is 40.3 Å². The molecule has 1 heterocycles. The highest BCUT2D eigenvalue weighted by molar-refractivity contribution is 6.23. The zero-order chi connectivity index (χ0) is 27.8. The van der Waals surface area contributed by atoms with Gasteiger partial charge in [-0.1, -0.05) is 101 Å². The first kappa shape index (κ1) is 28.3. The fourth-order valence-corrected chi connectivity index (χ4v) is 5.58. The van der Waals surface area contributed by atoms with E-state index in [1.807, 2.05) is 12.1 Å². The summed E-state index contributed by atoms with van der Waals surface area (Å²) >= 11 is 0. The van der Waals surface area contributed by atoms with E-state index in [4.69, 9.17) is 4.74 Å². The number of hydrogen-bond donors (Lipinski definition) is 1. The summed E-state index contributed by atoms with van der Waals surface area (Å²) in [4.78, 5) is 38.1. The molecule has 7 heteroatoms. The van der Waals surface area contributed by atoms with Gasteiger partial charge in [-0.15, -0.1) is 0 Å². The van der Waals surface area contributed by atoms with Gasteiger partial charge in [0.2, 0.25) is 0 Å². The Labute approximate surface area is 230 Å². The first-order valence-corrected chi connectivity index (χ1v) is 14.2. The van der Waals surface area contributed by atoms with Crippen LogP contribution in [0.2, 0.25) is 0 Å². The monoisotopic (exact) mass is 530 g/mol. The van der Waals surface area contributed by atoms with Gasteiger partial charge in [0.25, 0.3) is 5.69 Å². The lowest BCUT2D eigenvalue weighted by atomic mass is 9.79. The molecule has 0 spiro atoms. The standard InChI is InChI=1S/C32H38N2O5/c1-3-4-5-6-7-8-9-10-11-14-20-39-32(36)27-22(2)33-30-25-18-12-13-19-26(25)31(35)29(30)28(27)23-16-15-17-24(21-23)34(37)38/h12-13,15-19,21,28,33H,3-11,14,20H2,1-2H3/t28-/m1/s1. The molecule has 39 heavy (non-hydrogen) atoms. The number of nitro benzene ring substituents is 1. The Kier molecular flexibility index (Phi) is 9.69. The molecule has 7 nitrogen and oxygen atoms in total. The molecule has 2 aliphatic rings. The number of non-ortho nitro benzene ring substituents is 1. The molecule has 206 valence electrons. The fourth-order valence-electron chi connectivity index (χ4n) is 5.58. The summed E-state index contributed by atoms with van der Waals surface area (Å²) in [6.07, 6.45) is 11.8. The molecule has 0 fully saturated rings. The van der Waals surface area contributed by atoms with Crippen LogP contribution in [-0.4, -0.2) is 23.3 Å². The predicted octanol–water partition coefficient (Wildman–Crippen LogP) is 7.63. The maximum Gasteiger partial charge on any atom is 0.336 e. The number of carbonyl (C=O) groups excluding carboxylic acids is 2. The summed E-state index contributed by atoms with van der Waals surface area (Å²) < 4.78 is 5.71. The molecule has 0 amide bonds. The smallest absolute Gasteiger partial charge is 0.336 e. The van der Waals surface area contributed by atoms with Crippen LogP contribution in [0.1, 0.15) is 105 Å². The molecule has 0 radical (unpaired) electrons. The van der Waals surface area contributed by atoms with Gasteiger partial charge in [-0.05, 0) is 18.9 Å². The third-order valence-corrected chi connectivity index (χ3v) is 7.61. The van der Waals surface area contributed by atoms with Crippen molar-refractivity contribution in [3.8, 4) is 0 Å². The second-order valence-corrected chi connectivity index (χ2v) is 10.4. The summed E-state index contributed by atoms with van der Waals surface area (Å²) in [7, 11) is 0. The van der Waals surface area contributed by atoms with E-state index in [1.165, 1.54) is 57.1 Å². The van der Waals surface area contributed by atoms with Crippen LogP contribution in [0.15, 0.2) is 65.4 Å². The van der Waals surface area contributed by atoms with Crippen molar-refractivity contribution in [3.63, 3.8) is 0 Å². The van der Waals surface area contributed by atoms with Crippen LogP contribution < -0.4 is 5.32 Å². The minimum atomic E-state index is -0.763. The predicted molar refractivity (Wildman–Crippen MR) is 152 cm³/mol. The third-order valence-electron chi connectivity index (χ3n) is 7.61. The molecule has 2 aromatic rings. The van der Waals surface area contributed by atoms with Gasteiger partial charge >= 0.3 is 5.97 Å². The Balaban J connectivity index is 1.46. The van der Waals surface area contributed by atoms with Crippen molar-refractivity contribution in [3.05, 3.63) is 92.2 Å². The van der Waals surface area contributed by atoms with Crippen molar-refractivity contribution < 1.29 is 19.2 Å². The maximum atomic E-state index is 13.6. The largest absolute Gasteiger partial charge is 0.462 e. The molecule has 0 saturated carbocycles. The van der Waals surface area contributed by atoms with Crippen molar-refractivity contribution in [1.29, 1.82) is 0 Å². The SMILES string of the molecule is CCCCCCCCCCCCOC(=O)C1=C(C)NC2=C(C(=O)c3ccccc32)[C@@H]1c1cccc([N+](=O)[O-])c1. The molecule has 1 aliphatic heterocycles.